The van der Waals surface area contributed by atoms with Crippen LogP contribution in [0.2, 0.25) is 19.6 Å². The lowest BCUT2D eigenvalue weighted by molar-refractivity contribution is 0.196. The number of rotatable bonds is 8. The van der Waals surface area contributed by atoms with Crippen LogP contribution in [0.1, 0.15) is 27.7 Å². The predicted octanol–water partition coefficient (Wildman–Crippen LogP) is 2.67. The van der Waals surface area contributed by atoms with Crippen LogP contribution < -0.4 is 0 Å². The molecule has 0 bridgehead atoms. The molecular weight excluding hydrogens is 252 g/mol. The van der Waals surface area contributed by atoms with Crippen LogP contribution in [0.4, 0.5) is 0 Å². The lowest BCUT2D eigenvalue weighted by Crippen LogP contribution is -2.34. The normalized spacial score (nSPS) is 11.3. The Bertz CT molecular complexity index is 142. The third kappa shape index (κ3) is 16.3. The molecule has 0 atom stereocenters. The van der Waals surface area contributed by atoms with E-state index in [0.29, 0.717) is 0 Å². The summed E-state index contributed by atoms with van der Waals surface area (Å²) in [6.07, 6.45) is 0. The molecule has 0 radical (unpaired) electrons. The molecule has 0 aromatic carbocycles. The predicted molar refractivity (Wildman–Crippen MR) is 77.0 cm³/mol. The molecule has 0 aliphatic rings. The van der Waals surface area contributed by atoms with E-state index in [9.17, 15) is 0 Å². The molecule has 6 heteroatoms. The van der Waals surface area contributed by atoms with E-state index in [2.05, 4.69) is 13.1 Å². The topological polar surface area (TPSA) is 36.9 Å². The molecule has 0 amide bonds. The molecule has 0 rings (SSSR count). The molecule has 0 N–H and O–H groups in total. The molecule has 0 aromatic rings. The maximum Gasteiger partial charge on any atom is 0.331 e. The van der Waals surface area contributed by atoms with Crippen molar-refractivity contribution in [2.75, 3.05) is 26.4 Å². The first kappa shape index (κ1) is 19.6. The minimum Gasteiger partial charge on any atom is -0.397 e. The summed E-state index contributed by atoms with van der Waals surface area (Å²) >= 11 is 0. The van der Waals surface area contributed by atoms with Gasteiger partial charge in [0.1, 0.15) is 0 Å². The van der Waals surface area contributed by atoms with Gasteiger partial charge in [0.2, 0.25) is 0 Å². The fourth-order valence-corrected chi connectivity index (χ4v) is 3.76. The second-order valence-corrected chi connectivity index (χ2v) is 8.92. The third-order valence-electron chi connectivity index (χ3n) is 1.79. The highest BCUT2D eigenvalue weighted by atomic mass is 28.4. The zero-order valence-corrected chi connectivity index (χ0v) is 14.7. The van der Waals surface area contributed by atoms with Gasteiger partial charge in [-0.1, -0.05) is 0 Å². The smallest absolute Gasteiger partial charge is 0.331 e. The lowest BCUT2D eigenvalue weighted by atomic mass is 10.9. The molecule has 0 spiro atoms. The van der Waals surface area contributed by atoms with E-state index in [1.807, 2.05) is 34.2 Å². The average Bonchev–Trinajstić information content (AvgIpc) is 2.18. The van der Waals surface area contributed by atoms with Crippen LogP contribution >= 0.6 is 0 Å². The van der Waals surface area contributed by atoms with Gasteiger partial charge in [-0.2, -0.15) is 0 Å². The highest BCUT2D eigenvalue weighted by Crippen LogP contribution is 2.04. The van der Waals surface area contributed by atoms with Crippen molar-refractivity contribution in [3.05, 3.63) is 0 Å². The van der Waals surface area contributed by atoms with E-state index in [0.717, 1.165) is 26.4 Å². The standard InChI is InChI=1S/C6H16O2Si.C5H14O2Si/c1-5-7-9(3,4)8-6-2;1-4-6-8(3)7-5-2/h5-6H2,1-4H3;8H,4-5H2,1-3H3. The van der Waals surface area contributed by atoms with Gasteiger partial charge in [0.25, 0.3) is 0 Å². The number of hydrogen-bond acceptors (Lipinski definition) is 4. The Hall–Kier alpha value is 0.274. The summed E-state index contributed by atoms with van der Waals surface area (Å²) in [5, 5.41) is 0. The summed E-state index contributed by atoms with van der Waals surface area (Å²) in [6, 6.07) is 0. The molecule has 0 unspecified atom stereocenters. The van der Waals surface area contributed by atoms with Gasteiger partial charge in [0.15, 0.2) is 0 Å². The fourth-order valence-electron chi connectivity index (χ4n) is 1.25. The van der Waals surface area contributed by atoms with E-state index in [1.54, 1.807) is 0 Å². The van der Waals surface area contributed by atoms with Gasteiger partial charge in [-0.15, -0.1) is 0 Å². The summed E-state index contributed by atoms with van der Waals surface area (Å²) in [7, 11) is -2.91. The Morgan fingerprint density at radius 2 is 1.12 bits per heavy atom. The molecule has 0 aliphatic carbocycles. The molecule has 0 aromatic heterocycles. The van der Waals surface area contributed by atoms with Crippen LogP contribution in [0.5, 0.6) is 0 Å². The summed E-state index contributed by atoms with van der Waals surface area (Å²) < 4.78 is 21.2. The highest BCUT2D eigenvalue weighted by molar-refractivity contribution is 6.64. The molecule has 0 aliphatic heterocycles. The Morgan fingerprint density at radius 1 is 0.765 bits per heavy atom. The second-order valence-electron chi connectivity index (χ2n) is 3.74. The summed E-state index contributed by atoms with van der Waals surface area (Å²) in [5.74, 6) is 0. The highest BCUT2D eigenvalue weighted by Gasteiger charge is 2.22. The van der Waals surface area contributed by atoms with Crippen molar-refractivity contribution in [3.8, 4) is 0 Å². The first-order valence-corrected chi connectivity index (χ1v) is 11.4. The first-order valence-electron chi connectivity index (χ1n) is 6.44. The van der Waals surface area contributed by atoms with Gasteiger partial charge in [0.05, 0.1) is 0 Å². The van der Waals surface area contributed by atoms with Crippen LogP contribution in [-0.2, 0) is 17.7 Å². The minimum atomic E-state index is -1.70. The van der Waals surface area contributed by atoms with Crippen LogP contribution in [0, 0.1) is 0 Å². The van der Waals surface area contributed by atoms with E-state index in [-0.39, 0.29) is 0 Å². The molecule has 0 fully saturated rings. The van der Waals surface area contributed by atoms with Gasteiger partial charge < -0.3 is 17.7 Å². The summed E-state index contributed by atoms with van der Waals surface area (Å²) in [5.41, 5.74) is 0. The van der Waals surface area contributed by atoms with Crippen molar-refractivity contribution in [1.82, 2.24) is 0 Å². The van der Waals surface area contributed by atoms with Gasteiger partial charge in [0, 0.05) is 26.4 Å². The number of hydrogen-bond donors (Lipinski definition) is 0. The van der Waals surface area contributed by atoms with Gasteiger partial charge in [-0.3, -0.25) is 0 Å². The fraction of sp³-hybridized carbons (Fsp3) is 1.00. The zero-order valence-electron chi connectivity index (χ0n) is 12.5. The maximum absolute atomic E-state index is 5.39. The van der Waals surface area contributed by atoms with Crippen molar-refractivity contribution in [1.29, 1.82) is 0 Å². The monoisotopic (exact) mass is 282 g/mol. The molecule has 17 heavy (non-hydrogen) atoms. The van der Waals surface area contributed by atoms with Crippen LogP contribution in [0.15, 0.2) is 0 Å². The first-order chi connectivity index (χ1) is 7.93. The van der Waals surface area contributed by atoms with Crippen molar-refractivity contribution < 1.29 is 17.7 Å². The average molecular weight is 283 g/mol. The zero-order chi connectivity index (χ0) is 13.7. The Labute approximate surface area is 110 Å². The van der Waals surface area contributed by atoms with E-state index < -0.39 is 17.8 Å². The van der Waals surface area contributed by atoms with Gasteiger partial charge >= 0.3 is 17.8 Å². The van der Waals surface area contributed by atoms with Crippen molar-refractivity contribution in [3.63, 3.8) is 0 Å². The summed E-state index contributed by atoms with van der Waals surface area (Å²) in [4.78, 5) is 0. The van der Waals surface area contributed by atoms with Crippen molar-refractivity contribution in [2.24, 2.45) is 0 Å². The van der Waals surface area contributed by atoms with Gasteiger partial charge in [-0.25, -0.2) is 0 Å². The Morgan fingerprint density at radius 3 is 1.35 bits per heavy atom. The molecule has 4 nitrogen and oxygen atoms in total. The van der Waals surface area contributed by atoms with E-state index >= 15 is 0 Å². The minimum absolute atomic E-state index is 0.763. The Balaban J connectivity index is 0. The third-order valence-corrected chi connectivity index (χ3v) is 5.36. The van der Waals surface area contributed by atoms with E-state index in [4.69, 9.17) is 17.7 Å². The summed E-state index contributed by atoms with van der Waals surface area (Å²) in [6.45, 7) is 17.2. The second kappa shape index (κ2) is 12.7. The maximum atomic E-state index is 5.39. The quantitative estimate of drug-likeness (QED) is 0.641. The molecular formula is C11H30O4Si2. The van der Waals surface area contributed by atoms with Crippen molar-refractivity contribution in [2.45, 2.75) is 47.3 Å². The van der Waals surface area contributed by atoms with Gasteiger partial charge in [-0.05, 0) is 47.3 Å². The lowest BCUT2D eigenvalue weighted by Gasteiger charge is -2.20. The SMILES string of the molecule is CCO[SiH](C)OCC.CCO[Si](C)(C)OCC. The molecule has 0 saturated carbocycles. The van der Waals surface area contributed by atoms with E-state index in [1.165, 1.54) is 0 Å². The largest absolute Gasteiger partial charge is 0.397 e. The van der Waals surface area contributed by atoms with Crippen LogP contribution in [-0.4, -0.2) is 44.3 Å². The van der Waals surface area contributed by atoms with Crippen LogP contribution in [0.25, 0.3) is 0 Å². The molecule has 0 saturated heterocycles. The molecule has 106 valence electrons. The Kier molecular flexibility index (Phi) is 14.7. The van der Waals surface area contributed by atoms with Crippen LogP contribution in [0.3, 0.4) is 0 Å². The van der Waals surface area contributed by atoms with Crippen molar-refractivity contribution >= 4 is 17.8 Å². The molecule has 0 heterocycles.